The van der Waals surface area contributed by atoms with E-state index in [-0.39, 0.29) is 17.7 Å². The minimum absolute atomic E-state index is 0.0611. The highest BCUT2D eigenvalue weighted by molar-refractivity contribution is 5.92. The van der Waals surface area contributed by atoms with Gasteiger partial charge in [-0.3, -0.25) is 0 Å². The summed E-state index contributed by atoms with van der Waals surface area (Å²) in [6.45, 7) is 3.56. The van der Waals surface area contributed by atoms with Crippen LogP contribution in [-0.2, 0) is 10.7 Å². The van der Waals surface area contributed by atoms with Gasteiger partial charge in [0.05, 0.1) is 25.8 Å². The molecule has 2 N–H and O–H groups in total. The number of rotatable bonds is 8. The topological polar surface area (TPSA) is 85.7 Å². The van der Waals surface area contributed by atoms with Gasteiger partial charge in [0.15, 0.2) is 11.5 Å². The number of aromatic nitrogens is 2. The molecule has 4 rings (SSSR count). The molecule has 0 unspecified atom stereocenters. The Morgan fingerprint density at radius 2 is 2.06 bits per heavy atom. The molecule has 2 atom stereocenters. The van der Waals surface area contributed by atoms with E-state index in [9.17, 15) is 8.78 Å². The van der Waals surface area contributed by atoms with Crippen molar-refractivity contribution in [1.29, 1.82) is 0 Å². The maximum Gasteiger partial charge on any atom is 0.295 e. The van der Waals surface area contributed by atoms with Crippen LogP contribution < -0.4 is 14.8 Å². The number of alkyl halides is 2. The third-order valence-corrected chi connectivity index (χ3v) is 5.64. The van der Waals surface area contributed by atoms with E-state index in [4.69, 9.17) is 19.3 Å². The lowest BCUT2D eigenvalue weighted by molar-refractivity contribution is -0.0556. The fourth-order valence-electron chi connectivity index (χ4n) is 3.81. The third-order valence-electron chi connectivity index (χ3n) is 5.64. The largest absolute Gasteiger partial charge is 0.493 e. The number of nitrogens with one attached hydrogen (secondary N) is 1. The molecular weight excluding hydrogens is 432 g/mol. The number of aryl methyl sites for hydroxylation is 1. The second-order valence-corrected chi connectivity index (χ2v) is 8.10. The lowest BCUT2D eigenvalue weighted by atomic mass is 10.0. The van der Waals surface area contributed by atoms with Crippen LogP contribution in [0.5, 0.6) is 11.5 Å². The number of hydrogen-bond acceptors (Lipinski definition) is 7. The van der Waals surface area contributed by atoms with E-state index in [2.05, 4.69) is 15.3 Å². The van der Waals surface area contributed by atoms with Crippen LogP contribution in [0.15, 0.2) is 36.4 Å². The van der Waals surface area contributed by atoms with Crippen molar-refractivity contribution in [3.05, 3.63) is 53.3 Å². The Balaban J connectivity index is 1.69. The Morgan fingerprint density at radius 3 is 2.76 bits per heavy atom. The van der Waals surface area contributed by atoms with E-state index in [0.717, 1.165) is 11.8 Å². The molecule has 2 heterocycles. The normalized spacial score (nSPS) is 17.2. The Labute approximate surface area is 190 Å². The van der Waals surface area contributed by atoms with Crippen LogP contribution >= 0.6 is 0 Å². The molecule has 1 aliphatic heterocycles. The molecular formula is C24H27F2N3O4. The summed E-state index contributed by atoms with van der Waals surface area (Å²) in [6, 6.07) is 9.29. The predicted octanol–water partition coefficient (Wildman–Crippen LogP) is 4.37. The van der Waals surface area contributed by atoms with E-state index >= 15 is 0 Å². The fraction of sp³-hybridized carbons (Fsp3) is 0.417. The summed E-state index contributed by atoms with van der Waals surface area (Å²) in [4.78, 5) is 9.07. The van der Waals surface area contributed by atoms with Crippen molar-refractivity contribution in [1.82, 2.24) is 9.97 Å². The van der Waals surface area contributed by atoms with E-state index in [1.54, 1.807) is 32.2 Å². The summed E-state index contributed by atoms with van der Waals surface area (Å²) < 4.78 is 45.0. The third kappa shape index (κ3) is 4.99. The Kier molecular flexibility index (Phi) is 6.62. The molecule has 0 spiro atoms. The quantitative estimate of drug-likeness (QED) is 0.517. The molecule has 0 aliphatic carbocycles. The lowest BCUT2D eigenvalue weighted by Gasteiger charge is -2.20. The number of ether oxygens (including phenoxy) is 3. The van der Waals surface area contributed by atoms with Gasteiger partial charge in [0.25, 0.3) is 5.92 Å². The van der Waals surface area contributed by atoms with Gasteiger partial charge >= 0.3 is 0 Å². The average Bonchev–Trinajstić information content (AvgIpc) is 3.32. The average molecular weight is 459 g/mol. The highest BCUT2D eigenvalue weighted by atomic mass is 19.3. The minimum Gasteiger partial charge on any atom is -0.493 e. The Hall–Kier alpha value is -3.04. The monoisotopic (exact) mass is 459 g/mol. The van der Waals surface area contributed by atoms with Gasteiger partial charge in [-0.15, -0.1) is 0 Å². The molecule has 1 aromatic heterocycles. The number of aliphatic hydroxyl groups excluding tert-OH is 1. The number of aliphatic hydroxyl groups is 1. The van der Waals surface area contributed by atoms with E-state index in [1.165, 1.54) is 12.1 Å². The number of nitrogens with zero attached hydrogens (tertiary/aromatic N) is 2. The van der Waals surface area contributed by atoms with Crippen LogP contribution in [0.2, 0.25) is 0 Å². The zero-order valence-corrected chi connectivity index (χ0v) is 18.8. The standard InChI is InChI=1S/C24H27F2N3O4/c1-14(16-5-4-6-17(9-16)24(25,26)13-30)27-23-19-10-22(33-18-7-8-32-12-18)21(31-3)11-20(19)28-15(2)29-23/h4-6,9-11,14,18,30H,7-8,12-13H2,1-3H3,(H,27,28,29)/t14-,18-/m0/s1. The number of benzene rings is 2. The van der Waals surface area contributed by atoms with Crippen molar-refractivity contribution < 1.29 is 28.1 Å². The summed E-state index contributed by atoms with van der Waals surface area (Å²) in [6.07, 6.45) is 0.733. The smallest absolute Gasteiger partial charge is 0.295 e. The van der Waals surface area contributed by atoms with E-state index < -0.39 is 12.5 Å². The van der Waals surface area contributed by atoms with Gasteiger partial charge in [0.1, 0.15) is 24.4 Å². The summed E-state index contributed by atoms with van der Waals surface area (Å²) in [5.41, 5.74) is 1.07. The number of fused-ring (bicyclic) bond motifs is 1. The molecule has 1 aliphatic rings. The molecule has 1 saturated heterocycles. The van der Waals surface area contributed by atoms with Crippen LogP contribution in [0, 0.1) is 6.92 Å². The number of anilines is 1. The van der Waals surface area contributed by atoms with Gasteiger partial charge in [-0.2, -0.15) is 8.78 Å². The highest BCUT2D eigenvalue weighted by Crippen LogP contribution is 2.37. The maximum absolute atomic E-state index is 14.0. The minimum atomic E-state index is -3.30. The van der Waals surface area contributed by atoms with Gasteiger partial charge in [0.2, 0.25) is 0 Å². The van der Waals surface area contributed by atoms with Crippen molar-refractivity contribution in [2.75, 3.05) is 32.2 Å². The molecule has 2 aromatic carbocycles. The summed E-state index contributed by atoms with van der Waals surface area (Å²) in [5.74, 6) is -1.07. The molecule has 7 nitrogen and oxygen atoms in total. The van der Waals surface area contributed by atoms with Gasteiger partial charge in [-0.1, -0.05) is 18.2 Å². The zero-order valence-electron chi connectivity index (χ0n) is 18.8. The van der Waals surface area contributed by atoms with Crippen LogP contribution in [0.3, 0.4) is 0 Å². The second kappa shape index (κ2) is 9.44. The first-order valence-corrected chi connectivity index (χ1v) is 10.8. The van der Waals surface area contributed by atoms with Gasteiger partial charge < -0.3 is 24.6 Å². The van der Waals surface area contributed by atoms with Crippen LogP contribution in [0.4, 0.5) is 14.6 Å². The highest BCUT2D eigenvalue weighted by Gasteiger charge is 2.31. The molecule has 0 saturated carbocycles. The Morgan fingerprint density at radius 1 is 1.24 bits per heavy atom. The fourth-order valence-corrected chi connectivity index (χ4v) is 3.81. The molecule has 3 aromatic rings. The zero-order chi connectivity index (χ0) is 23.6. The van der Waals surface area contributed by atoms with Crippen molar-refractivity contribution in [3.63, 3.8) is 0 Å². The van der Waals surface area contributed by atoms with Gasteiger partial charge in [-0.05, 0) is 31.5 Å². The van der Waals surface area contributed by atoms with E-state index in [0.29, 0.717) is 47.4 Å². The SMILES string of the molecule is COc1cc2nc(C)nc(N[C@@H](C)c3cccc(C(F)(F)CO)c3)c2cc1O[C@H]1CCOC1. The second-order valence-electron chi connectivity index (χ2n) is 8.10. The molecule has 33 heavy (non-hydrogen) atoms. The number of hydrogen-bond donors (Lipinski definition) is 2. The summed E-state index contributed by atoms with van der Waals surface area (Å²) >= 11 is 0. The Bertz CT molecular complexity index is 1140. The number of halogens is 2. The van der Waals surface area contributed by atoms with Crippen LogP contribution in [0.25, 0.3) is 10.9 Å². The summed E-state index contributed by atoms with van der Waals surface area (Å²) in [5, 5.41) is 13.1. The first kappa shape index (κ1) is 23.1. The molecule has 1 fully saturated rings. The van der Waals surface area contributed by atoms with Crippen molar-refractivity contribution in [2.24, 2.45) is 0 Å². The predicted molar refractivity (Wildman–Crippen MR) is 120 cm³/mol. The molecule has 9 heteroatoms. The van der Waals surface area contributed by atoms with Gasteiger partial charge in [-0.25, -0.2) is 9.97 Å². The van der Waals surface area contributed by atoms with Crippen molar-refractivity contribution in [2.45, 2.75) is 38.3 Å². The first-order valence-electron chi connectivity index (χ1n) is 10.8. The summed E-state index contributed by atoms with van der Waals surface area (Å²) in [7, 11) is 1.57. The molecule has 176 valence electrons. The van der Waals surface area contributed by atoms with Crippen LogP contribution in [-0.4, -0.2) is 48.1 Å². The van der Waals surface area contributed by atoms with Crippen molar-refractivity contribution >= 4 is 16.7 Å². The number of methoxy groups -OCH3 is 1. The van der Waals surface area contributed by atoms with Crippen molar-refractivity contribution in [3.8, 4) is 11.5 Å². The van der Waals surface area contributed by atoms with Gasteiger partial charge in [0, 0.05) is 29.5 Å². The van der Waals surface area contributed by atoms with Crippen LogP contribution in [0.1, 0.15) is 36.3 Å². The maximum atomic E-state index is 14.0. The molecule has 0 radical (unpaired) electrons. The molecule has 0 amide bonds. The first-order chi connectivity index (χ1) is 15.8. The van der Waals surface area contributed by atoms with E-state index in [1.807, 2.05) is 13.0 Å². The molecule has 0 bridgehead atoms. The lowest BCUT2D eigenvalue weighted by Crippen LogP contribution is -2.19.